The van der Waals surface area contributed by atoms with Crippen molar-refractivity contribution in [1.29, 1.82) is 0 Å². The van der Waals surface area contributed by atoms with Crippen molar-refractivity contribution in [3.05, 3.63) is 0 Å². The molecule has 0 aromatic carbocycles. The predicted molar refractivity (Wildman–Crippen MR) is 42.9 cm³/mol. The van der Waals surface area contributed by atoms with Crippen LogP contribution in [0.25, 0.3) is 0 Å². The molecule has 5 nitrogen and oxygen atoms in total. The molecule has 0 unspecified atom stereocenters. The van der Waals surface area contributed by atoms with Gasteiger partial charge in [-0.15, -0.1) is 0 Å². The van der Waals surface area contributed by atoms with Gasteiger partial charge in [0.1, 0.15) is 0 Å². The number of rotatable bonds is 3. The number of hydrogen-bond acceptors (Lipinski definition) is 5. The van der Waals surface area contributed by atoms with Gasteiger partial charge in [-0.2, -0.15) is 17.8 Å². The number of ether oxygens (including phenoxy) is 1. The van der Waals surface area contributed by atoms with E-state index < -0.39 is 10.1 Å². The van der Waals surface area contributed by atoms with Crippen molar-refractivity contribution in [3.8, 4) is 0 Å². The molecule has 0 atom stereocenters. The standard InChI is InChI=1S/C6H13NO4S.ClH.Na/c1-2-12(8,9)11-7-3-5-10-6-4-7;;/h2-6H2,1H3;1H;/q;;+1/p-1. The fourth-order valence-corrected chi connectivity index (χ4v) is 1.41. The number of morpholine rings is 1. The van der Waals surface area contributed by atoms with Crippen molar-refractivity contribution in [2.75, 3.05) is 32.1 Å². The van der Waals surface area contributed by atoms with Crippen molar-refractivity contribution in [3.63, 3.8) is 0 Å². The van der Waals surface area contributed by atoms with Crippen LogP contribution in [-0.2, 0) is 19.1 Å². The summed E-state index contributed by atoms with van der Waals surface area (Å²) in [6, 6.07) is 0. The molecule has 1 rings (SSSR count). The molecule has 1 heterocycles. The minimum atomic E-state index is -3.35. The third-order valence-electron chi connectivity index (χ3n) is 1.54. The van der Waals surface area contributed by atoms with Gasteiger partial charge in [0, 0.05) is 13.1 Å². The first-order valence-electron chi connectivity index (χ1n) is 3.89. The van der Waals surface area contributed by atoms with Gasteiger partial charge in [-0.3, -0.25) is 0 Å². The second-order valence-corrected chi connectivity index (χ2v) is 4.30. The zero-order valence-electron chi connectivity index (χ0n) is 8.40. The monoisotopic (exact) mass is 253 g/mol. The van der Waals surface area contributed by atoms with E-state index in [2.05, 4.69) is 0 Å². The number of hydrogen-bond donors (Lipinski definition) is 0. The first-order valence-corrected chi connectivity index (χ1v) is 5.47. The Kier molecular flexibility index (Phi) is 10.4. The summed E-state index contributed by atoms with van der Waals surface area (Å²) in [7, 11) is -3.35. The third-order valence-corrected chi connectivity index (χ3v) is 2.69. The molecule has 0 aromatic rings. The largest absolute Gasteiger partial charge is 1.00 e. The SMILES string of the molecule is CCS(=O)(=O)ON1CCOCC1.[Cl-].[Na+]. The molecular formula is C6H13ClNNaO4S. The minimum absolute atomic E-state index is 0. The van der Waals surface area contributed by atoms with Crippen LogP contribution < -0.4 is 42.0 Å². The molecule has 0 aliphatic carbocycles. The van der Waals surface area contributed by atoms with Crippen molar-refractivity contribution in [2.45, 2.75) is 6.92 Å². The van der Waals surface area contributed by atoms with Crippen LogP contribution in [0.3, 0.4) is 0 Å². The van der Waals surface area contributed by atoms with E-state index in [-0.39, 0.29) is 47.7 Å². The average Bonchev–Trinajstić information content (AvgIpc) is 2.06. The molecule has 0 aromatic heterocycles. The Morgan fingerprint density at radius 2 is 1.86 bits per heavy atom. The summed E-state index contributed by atoms with van der Waals surface area (Å²) in [4.78, 5) is 0. The van der Waals surface area contributed by atoms with Crippen molar-refractivity contribution in [2.24, 2.45) is 0 Å². The minimum Gasteiger partial charge on any atom is -1.00 e. The first-order chi connectivity index (χ1) is 5.64. The number of halogens is 1. The summed E-state index contributed by atoms with van der Waals surface area (Å²) in [5.41, 5.74) is 0. The second-order valence-electron chi connectivity index (χ2n) is 2.46. The Hall–Kier alpha value is 1.12. The Morgan fingerprint density at radius 3 is 2.29 bits per heavy atom. The van der Waals surface area contributed by atoms with Crippen molar-refractivity contribution >= 4 is 10.1 Å². The Labute approximate surface area is 113 Å². The second kappa shape index (κ2) is 8.29. The Bertz CT molecular complexity index is 230. The molecule has 0 bridgehead atoms. The number of nitrogens with zero attached hydrogens (tertiary/aromatic N) is 1. The maximum absolute atomic E-state index is 11.0. The third kappa shape index (κ3) is 6.58. The number of hydroxylamine groups is 2. The summed E-state index contributed by atoms with van der Waals surface area (Å²) < 4.78 is 31.7. The average molecular weight is 254 g/mol. The zero-order chi connectivity index (χ0) is 9.03. The molecule has 0 N–H and O–H groups in total. The normalized spacial score (nSPS) is 18.1. The molecule has 80 valence electrons. The van der Waals surface area contributed by atoms with Crippen LogP contribution in [0.2, 0.25) is 0 Å². The maximum Gasteiger partial charge on any atom is 1.00 e. The van der Waals surface area contributed by atoms with E-state index in [1.165, 1.54) is 5.06 Å². The van der Waals surface area contributed by atoms with Gasteiger partial charge >= 0.3 is 29.6 Å². The Balaban J connectivity index is 0. The maximum atomic E-state index is 11.0. The van der Waals surface area contributed by atoms with Crippen LogP contribution in [0.4, 0.5) is 0 Å². The first kappa shape index (κ1) is 17.5. The quantitative estimate of drug-likeness (QED) is 0.469. The van der Waals surface area contributed by atoms with E-state index in [9.17, 15) is 8.42 Å². The fourth-order valence-electron chi connectivity index (χ4n) is 0.834. The smallest absolute Gasteiger partial charge is 1.00 e. The molecule has 0 radical (unpaired) electrons. The van der Waals surface area contributed by atoms with Crippen LogP contribution in [0.1, 0.15) is 6.92 Å². The summed E-state index contributed by atoms with van der Waals surface area (Å²) in [5.74, 6) is 0.00432. The van der Waals surface area contributed by atoms with Gasteiger partial charge in [-0.25, -0.2) is 0 Å². The molecule has 14 heavy (non-hydrogen) atoms. The van der Waals surface area contributed by atoms with Gasteiger partial charge < -0.3 is 17.1 Å². The van der Waals surface area contributed by atoms with E-state index in [0.717, 1.165) is 0 Å². The molecule has 8 heteroatoms. The van der Waals surface area contributed by atoms with E-state index in [1.807, 2.05) is 0 Å². The molecule has 1 aliphatic heterocycles. The molecule has 1 saturated heterocycles. The van der Waals surface area contributed by atoms with Crippen LogP contribution in [0.15, 0.2) is 0 Å². The van der Waals surface area contributed by atoms with Gasteiger partial charge in [0.25, 0.3) is 10.1 Å². The topological polar surface area (TPSA) is 55.8 Å². The zero-order valence-corrected chi connectivity index (χ0v) is 12.0. The van der Waals surface area contributed by atoms with Crippen molar-refractivity contribution in [1.82, 2.24) is 5.06 Å². The molecule has 1 aliphatic rings. The molecule has 1 fully saturated rings. The fraction of sp³-hybridized carbons (Fsp3) is 1.00. The van der Waals surface area contributed by atoms with Gasteiger partial charge in [-0.05, 0) is 6.92 Å². The summed E-state index contributed by atoms with van der Waals surface area (Å²) in [6.07, 6.45) is 0. The molecule has 0 spiro atoms. The molecular weight excluding hydrogens is 241 g/mol. The van der Waals surface area contributed by atoms with Crippen LogP contribution in [0.5, 0.6) is 0 Å². The van der Waals surface area contributed by atoms with Crippen LogP contribution in [0, 0.1) is 0 Å². The van der Waals surface area contributed by atoms with Crippen LogP contribution in [-0.4, -0.2) is 45.5 Å². The van der Waals surface area contributed by atoms with E-state index in [1.54, 1.807) is 6.92 Å². The summed E-state index contributed by atoms with van der Waals surface area (Å²) >= 11 is 0. The predicted octanol–water partition coefficient (Wildman–Crippen LogP) is -6.39. The van der Waals surface area contributed by atoms with Gasteiger partial charge in [-0.1, -0.05) is 0 Å². The van der Waals surface area contributed by atoms with Gasteiger partial charge in [0.05, 0.1) is 19.0 Å². The van der Waals surface area contributed by atoms with Gasteiger partial charge in [0.2, 0.25) is 0 Å². The Morgan fingerprint density at radius 1 is 1.36 bits per heavy atom. The summed E-state index contributed by atoms with van der Waals surface area (Å²) in [6.45, 7) is 3.63. The van der Waals surface area contributed by atoms with Crippen LogP contribution >= 0.6 is 0 Å². The molecule has 0 amide bonds. The van der Waals surface area contributed by atoms with E-state index in [4.69, 9.17) is 9.02 Å². The van der Waals surface area contributed by atoms with Crippen molar-refractivity contribution < 1.29 is 59.4 Å². The molecule has 0 saturated carbocycles. The van der Waals surface area contributed by atoms with E-state index in [0.29, 0.717) is 26.3 Å². The summed E-state index contributed by atoms with van der Waals surface area (Å²) in [5, 5.41) is 1.42. The van der Waals surface area contributed by atoms with Gasteiger partial charge in [0.15, 0.2) is 0 Å². The van der Waals surface area contributed by atoms with E-state index >= 15 is 0 Å².